The minimum absolute atomic E-state index is 0.355. The quantitative estimate of drug-likeness (QED) is 0.697. The summed E-state index contributed by atoms with van der Waals surface area (Å²) < 4.78 is 2.21. The van der Waals surface area contributed by atoms with E-state index in [1.54, 1.807) is 0 Å². The number of nitriles is 1. The lowest BCUT2D eigenvalue weighted by Crippen LogP contribution is -2.00. The Balaban J connectivity index is 1.77. The van der Waals surface area contributed by atoms with Crippen molar-refractivity contribution >= 4 is 22.8 Å². The Morgan fingerprint density at radius 2 is 2.25 bits per heavy atom. The highest BCUT2D eigenvalue weighted by Gasteiger charge is 2.26. The Labute approximate surface area is 120 Å². The highest BCUT2D eigenvalue weighted by atomic mass is 32.2. The summed E-state index contributed by atoms with van der Waals surface area (Å²) in [6, 6.07) is 13.9. The van der Waals surface area contributed by atoms with Crippen LogP contribution in [0.2, 0.25) is 0 Å². The van der Waals surface area contributed by atoms with Crippen molar-refractivity contribution in [3.63, 3.8) is 0 Å². The molecule has 1 aromatic carbocycles. The second-order valence-corrected chi connectivity index (χ2v) is 6.02. The van der Waals surface area contributed by atoms with Crippen LogP contribution in [0.1, 0.15) is 16.5 Å². The number of nitrogens with zero attached hydrogens (tertiary/aromatic N) is 4. The van der Waals surface area contributed by atoms with Gasteiger partial charge in [0, 0.05) is 12.7 Å². The third-order valence-electron chi connectivity index (χ3n) is 3.51. The van der Waals surface area contributed by atoms with Crippen molar-refractivity contribution in [1.82, 2.24) is 14.5 Å². The van der Waals surface area contributed by atoms with Crippen molar-refractivity contribution < 1.29 is 0 Å². The van der Waals surface area contributed by atoms with Crippen LogP contribution < -0.4 is 0 Å². The molecule has 4 nitrogen and oxygen atoms in total. The molecule has 0 spiro atoms. The molecule has 0 N–H and O–H groups in total. The SMILES string of the molecule is N#Cc1ccc2nc3n(c2c1)CC(c1ccccn1)[SH]3. The van der Waals surface area contributed by atoms with Crippen molar-refractivity contribution in [3.05, 3.63) is 53.9 Å². The van der Waals surface area contributed by atoms with E-state index < -0.39 is 0 Å². The van der Waals surface area contributed by atoms with Gasteiger partial charge < -0.3 is 4.57 Å². The van der Waals surface area contributed by atoms with E-state index in [0.717, 1.165) is 28.4 Å². The largest absolute Gasteiger partial charge is 0.318 e. The van der Waals surface area contributed by atoms with E-state index >= 15 is 0 Å². The molecule has 97 valence electrons. The molecule has 0 aliphatic carbocycles. The number of hydrogen-bond acceptors (Lipinski definition) is 3. The van der Waals surface area contributed by atoms with E-state index in [1.807, 2.05) is 36.5 Å². The Hall–Kier alpha value is -2.32. The van der Waals surface area contributed by atoms with Gasteiger partial charge in [0.1, 0.15) is 0 Å². The molecular formula is C15H11N4S. The summed E-state index contributed by atoms with van der Waals surface area (Å²) >= 11 is 1.19. The van der Waals surface area contributed by atoms with Crippen molar-refractivity contribution in [2.75, 3.05) is 0 Å². The number of thiol groups is 1. The van der Waals surface area contributed by atoms with Gasteiger partial charge in [0.05, 0.1) is 33.6 Å². The number of benzene rings is 1. The lowest BCUT2D eigenvalue weighted by atomic mass is 10.2. The predicted octanol–water partition coefficient (Wildman–Crippen LogP) is 2.88. The van der Waals surface area contributed by atoms with Crippen LogP contribution in [-0.2, 0) is 6.54 Å². The van der Waals surface area contributed by atoms with E-state index in [-0.39, 0.29) is 0 Å². The maximum absolute atomic E-state index is 9.02. The van der Waals surface area contributed by atoms with Gasteiger partial charge in [-0.2, -0.15) is 5.26 Å². The van der Waals surface area contributed by atoms with Gasteiger partial charge in [-0.05, 0) is 30.3 Å². The van der Waals surface area contributed by atoms with Crippen molar-refractivity contribution in [1.29, 1.82) is 5.26 Å². The van der Waals surface area contributed by atoms with Crippen LogP contribution in [0.3, 0.4) is 0 Å². The predicted molar refractivity (Wildman–Crippen MR) is 78.7 cm³/mol. The second kappa shape index (κ2) is 4.36. The first-order valence-corrected chi connectivity index (χ1v) is 7.34. The standard InChI is InChI=1S/C15H11N4S/c16-8-10-4-5-11-13(7-10)19-9-14(20-15(19)18-11)12-3-1-2-6-17-12/h1-7,14,20H,9H2. The first-order chi connectivity index (χ1) is 9.85. The third kappa shape index (κ3) is 1.69. The molecule has 0 saturated carbocycles. The van der Waals surface area contributed by atoms with Crippen molar-refractivity contribution in [2.24, 2.45) is 0 Å². The number of rotatable bonds is 1. The highest BCUT2D eigenvalue weighted by molar-refractivity contribution is 7.99. The normalized spacial score (nSPS) is 17.1. The summed E-state index contributed by atoms with van der Waals surface area (Å²) in [5.74, 6) is 0. The molecule has 5 heteroatoms. The fourth-order valence-electron chi connectivity index (χ4n) is 2.54. The Kier molecular flexibility index (Phi) is 2.51. The minimum atomic E-state index is 0.355. The third-order valence-corrected chi connectivity index (χ3v) is 4.83. The zero-order chi connectivity index (χ0) is 13.5. The van der Waals surface area contributed by atoms with Gasteiger partial charge in [-0.25, -0.2) is 4.98 Å². The monoisotopic (exact) mass is 279 g/mol. The average Bonchev–Trinajstić information content (AvgIpc) is 3.05. The Bertz CT molecular complexity index is 832. The topological polar surface area (TPSA) is 54.5 Å². The van der Waals surface area contributed by atoms with Crippen LogP contribution in [0.25, 0.3) is 11.0 Å². The Morgan fingerprint density at radius 1 is 1.30 bits per heavy atom. The molecular weight excluding hydrogens is 268 g/mol. The van der Waals surface area contributed by atoms with E-state index in [0.29, 0.717) is 10.8 Å². The molecule has 1 aliphatic rings. The van der Waals surface area contributed by atoms with Crippen LogP contribution in [0.5, 0.6) is 0 Å². The zero-order valence-corrected chi connectivity index (χ0v) is 11.5. The van der Waals surface area contributed by atoms with E-state index in [1.165, 1.54) is 11.8 Å². The van der Waals surface area contributed by atoms with Crippen LogP contribution in [-0.4, -0.2) is 14.5 Å². The molecule has 1 aliphatic heterocycles. The maximum atomic E-state index is 9.02. The number of imidazole rings is 1. The molecule has 3 aromatic rings. The van der Waals surface area contributed by atoms with Gasteiger partial charge >= 0.3 is 0 Å². The molecule has 1 unspecified atom stereocenters. The first kappa shape index (κ1) is 11.5. The average molecular weight is 279 g/mol. The molecule has 20 heavy (non-hydrogen) atoms. The minimum Gasteiger partial charge on any atom is -0.318 e. The number of fused-ring (bicyclic) bond motifs is 3. The molecule has 1 atom stereocenters. The lowest BCUT2D eigenvalue weighted by Gasteiger charge is -2.08. The van der Waals surface area contributed by atoms with E-state index in [2.05, 4.69) is 26.7 Å². The molecule has 0 saturated heterocycles. The van der Waals surface area contributed by atoms with Gasteiger partial charge in [-0.1, -0.05) is 6.07 Å². The van der Waals surface area contributed by atoms with Crippen LogP contribution in [0, 0.1) is 11.3 Å². The maximum Gasteiger partial charge on any atom is 0.157 e. The fourth-order valence-corrected chi connectivity index (χ4v) is 3.85. The number of aromatic nitrogens is 3. The van der Waals surface area contributed by atoms with E-state index in [4.69, 9.17) is 5.26 Å². The molecule has 0 fully saturated rings. The smallest absolute Gasteiger partial charge is 0.157 e. The summed E-state index contributed by atoms with van der Waals surface area (Å²) in [5.41, 5.74) is 3.79. The van der Waals surface area contributed by atoms with Crippen molar-refractivity contribution in [2.45, 2.75) is 17.0 Å². The van der Waals surface area contributed by atoms with Crippen molar-refractivity contribution in [3.8, 4) is 6.07 Å². The van der Waals surface area contributed by atoms with Crippen LogP contribution in [0.15, 0.2) is 47.8 Å². The Morgan fingerprint density at radius 3 is 3.05 bits per heavy atom. The molecule has 0 amide bonds. The molecule has 4 rings (SSSR count). The highest BCUT2D eigenvalue weighted by Crippen LogP contribution is 2.43. The van der Waals surface area contributed by atoms with Gasteiger partial charge in [0.25, 0.3) is 0 Å². The molecule has 3 heterocycles. The number of hydrogen-bond donors (Lipinski definition) is 1. The summed E-state index contributed by atoms with van der Waals surface area (Å²) in [6.45, 7) is 0.874. The molecule has 0 bridgehead atoms. The van der Waals surface area contributed by atoms with E-state index in [9.17, 15) is 0 Å². The zero-order valence-electron chi connectivity index (χ0n) is 10.6. The lowest BCUT2D eigenvalue weighted by molar-refractivity contribution is 0.674. The summed E-state index contributed by atoms with van der Waals surface area (Å²) in [5, 5.41) is 10.4. The first-order valence-electron chi connectivity index (χ1n) is 6.37. The second-order valence-electron chi connectivity index (χ2n) is 4.74. The summed E-state index contributed by atoms with van der Waals surface area (Å²) in [7, 11) is 0. The molecule has 1 radical (unpaired) electrons. The summed E-state index contributed by atoms with van der Waals surface area (Å²) in [6.07, 6.45) is 1.83. The van der Waals surface area contributed by atoms with Gasteiger partial charge in [0.15, 0.2) is 5.16 Å². The van der Waals surface area contributed by atoms with Gasteiger partial charge in [-0.3, -0.25) is 4.98 Å². The van der Waals surface area contributed by atoms with Gasteiger partial charge in [0.2, 0.25) is 0 Å². The van der Waals surface area contributed by atoms with Crippen LogP contribution in [0.4, 0.5) is 0 Å². The number of pyridine rings is 1. The molecule has 2 aromatic heterocycles. The van der Waals surface area contributed by atoms with Gasteiger partial charge in [-0.15, -0.1) is 11.8 Å². The fraction of sp³-hybridized carbons (Fsp3) is 0.133. The summed E-state index contributed by atoms with van der Waals surface area (Å²) in [4.78, 5) is 9.09. The van der Waals surface area contributed by atoms with Crippen LogP contribution >= 0.6 is 11.8 Å².